The number of nitrogens with one attached hydrogen (secondary N) is 1. The van der Waals surface area contributed by atoms with Crippen LogP contribution in [0.5, 0.6) is 0 Å². The van der Waals surface area contributed by atoms with Crippen LogP contribution in [0.25, 0.3) is 0 Å². The van der Waals surface area contributed by atoms with Gasteiger partial charge in [-0.15, -0.1) is 0 Å². The monoisotopic (exact) mass is 318 g/mol. The predicted octanol–water partition coefficient (Wildman–Crippen LogP) is 4.79. The normalized spacial score (nSPS) is 10.3. The van der Waals surface area contributed by atoms with Crippen molar-refractivity contribution in [1.82, 2.24) is 4.90 Å². The zero-order chi connectivity index (χ0) is 15.4. The Bertz CT molecular complexity index is 655. The van der Waals surface area contributed by atoms with E-state index in [-0.39, 0.29) is 0 Å². The van der Waals surface area contributed by atoms with E-state index in [1.807, 2.05) is 36.2 Å². The van der Waals surface area contributed by atoms with Crippen LogP contribution in [0.15, 0.2) is 42.5 Å². The van der Waals surface area contributed by atoms with Crippen molar-refractivity contribution < 1.29 is 0 Å². The molecule has 0 aliphatic carbocycles. The molecule has 0 radical (unpaired) electrons. The Morgan fingerprint density at radius 2 is 1.95 bits per heavy atom. The highest BCUT2D eigenvalue weighted by Crippen LogP contribution is 2.18. The van der Waals surface area contributed by atoms with Gasteiger partial charge in [-0.25, -0.2) is 0 Å². The molecule has 4 heteroatoms. The number of benzene rings is 2. The molecule has 0 spiro atoms. The highest BCUT2D eigenvalue weighted by Gasteiger charge is 2.07. The van der Waals surface area contributed by atoms with Gasteiger partial charge in [0.2, 0.25) is 0 Å². The van der Waals surface area contributed by atoms with E-state index in [1.165, 1.54) is 11.1 Å². The summed E-state index contributed by atoms with van der Waals surface area (Å²) in [6.07, 6.45) is 0. The first kappa shape index (κ1) is 15.8. The fourth-order valence-electron chi connectivity index (χ4n) is 2.06. The highest BCUT2D eigenvalue weighted by molar-refractivity contribution is 7.80. The maximum Gasteiger partial charge on any atom is 0.173 e. The van der Waals surface area contributed by atoms with Crippen molar-refractivity contribution in [1.29, 1.82) is 0 Å². The molecule has 2 nitrogen and oxygen atoms in total. The summed E-state index contributed by atoms with van der Waals surface area (Å²) in [6.45, 7) is 4.86. The number of anilines is 1. The zero-order valence-electron chi connectivity index (χ0n) is 12.5. The van der Waals surface area contributed by atoms with Gasteiger partial charge in [0.25, 0.3) is 0 Å². The Kier molecular flexibility index (Phi) is 5.21. The van der Waals surface area contributed by atoms with E-state index < -0.39 is 0 Å². The largest absolute Gasteiger partial charge is 0.348 e. The lowest BCUT2D eigenvalue weighted by Crippen LogP contribution is -2.30. The van der Waals surface area contributed by atoms with E-state index >= 15 is 0 Å². The molecular weight excluding hydrogens is 300 g/mol. The molecule has 0 bridgehead atoms. The summed E-state index contributed by atoms with van der Waals surface area (Å²) in [7, 11) is 1.97. The first-order valence-electron chi connectivity index (χ1n) is 6.79. The summed E-state index contributed by atoms with van der Waals surface area (Å²) < 4.78 is 0. The molecule has 0 heterocycles. The van der Waals surface area contributed by atoms with Crippen LogP contribution in [-0.2, 0) is 6.54 Å². The SMILES string of the molecule is Cc1ccc(C)c(NC(=S)N(C)Cc2cccc(Cl)c2)c1. The van der Waals surface area contributed by atoms with Gasteiger partial charge in [-0.2, -0.15) is 0 Å². The number of nitrogens with zero attached hydrogens (tertiary/aromatic N) is 1. The molecule has 2 rings (SSSR count). The molecule has 2 aromatic rings. The van der Waals surface area contributed by atoms with Gasteiger partial charge in [0.05, 0.1) is 0 Å². The number of halogens is 1. The molecule has 0 aliphatic rings. The average molecular weight is 319 g/mol. The first-order chi connectivity index (χ1) is 9.95. The summed E-state index contributed by atoms with van der Waals surface area (Å²) in [5.41, 5.74) is 4.58. The lowest BCUT2D eigenvalue weighted by atomic mass is 10.1. The quantitative estimate of drug-likeness (QED) is 0.819. The van der Waals surface area contributed by atoms with E-state index in [1.54, 1.807) is 0 Å². The lowest BCUT2D eigenvalue weighted by molar-refractivity contribution is 0.508. The van der Waals surface area contributed by atoms with Crippen molar-refractivity contribution in [2.24, 2.45) is 0 Å². The van der Waals surface area contributed by atoms with Crippen molar-refractivity contribution in [3.63, 3.8) is 0 Å². The van der Waals surface area contributed by atoms with Crippen LogP contribution >= 0.6 is 23.8 Å². The number of rotatable bonds is 3. The van der Waals surface area contributed by atoms with Gasteiger partial charge in [0.15, 0.2) is 5.11 Å². The molecule has 1 N–H and O–H groups in total. The molecule has 0 atom stereocenters. The van der Waals surface area contributed by atoms with Gasteiger partial charge in [-0.3, -0.25) is 0 Å². The van der Waals surface area contributed by atoms with E-state index in [4.69, 9.17) is 23.8 Å². The smallest absolute Gasteiger partial charge is 0.173 e. The van der Waals surface area contributed by atoms with Crippen LogP contribution in [0, 0.1) is 13.8 Å². The van der Waals surface area contributed by atoms with Crippen molar-refractivity contribution >= 4 is 34.6 Å². The molecule has 110 valence electrons. The Morgan fingerprint density at radius 1 is 1.19 bits per heavy atom. The standard InChI is InChI=1S/C17H19ClN2S/c1-12-7-8-13(2)16(9-12)19-17(21)20(3)11-14-5-4-6-15(18)10-14/h4-10H,11H2,1-3H3,(H,19,21). The second-order valence-electron chi connectivity index (χ2n) is 5.23. The summed E-state index contributed by atoms with van der Waals surface area (Å²) in [5, 5.41) is 4.75. The van der Waals surface area contributed by atoms with Crippen LogP contribution in [0.3, 0.4) is 0 Å². The molecule has 0 unspecified atom stereocenters. The third-order valence-corrected chi connectivity index (χ3v) is 3.94. The van der Waals surface area contributed by atoms with Crippen LogP contribution < -0.4 is 5.32 Å². The Hall–Kier alpha value is -1.58. The maximum atomic E-state index is 6.01. The lowest BCUT2D eigenvalue weighted by Gasteiger charge is -2.22. The van der Waals surface area contributed by atoms with Crippen LogP contribution in [0.1, 0.15) is 16.7 Å². The van der Waals surface area contributed by atoms with Crippen LogP contribution in [0.4, 0.5) is 5.69 Å². The first-order valence-corrected chi connectivity index (χ1v) is 7.58. The average Bonchev–Trinajstić information content (AvgIpc) is 2.43. The molecule has 21 heavy (non-hydrogen) atoms. The van der Waals surface area contributed by atoms with Gasteiger partial charge in [0, 0.05) is 24.3 Å². The highest BCUT2D eigenvalue weighted by atomic mass is 35.5. The van der Waals surface area contributed by atoms with Crippen LogP contribution in [-0.4, -0.2) is 17.1 Å². The molecule has 0 saturated heterocycles. The van der Waals surface area contributed by atoms with Crippen molar-refractivity contribution in [2.45, 2.75) is 20.4 Å². The topological polar surface area (TPSA) is 15.3 Å². The molecule has 0 fully saturated rings. The van der Waals surface area contributed by atoms with Gasteiger partial charge in [-0.05, 0) is 61.0 Å². The third-order valence-electron chi connectivity index (χ3n) is 3.29. The minimum Gasteiger partial charge on any atom is -0.348 e. The van der Waals surface area contributed by atoms with Gasteiger partial charge in [0.1, 0.15) is 0 Å². The summed E-state index contributed by atoms with van der Waals surface area (Å²) in [5.74, 6) is 0. The number of aryl methyl sites for hydroxylation is 2. The van der Waals surface area contributed by atoms with Gasteiger partial charge < -0.3 is 10.2 Å². The number of hydrogen-bond acceptors (Lipinski definition) is 1. The molecule has 0 aliphatic heterocycles. The molecule has 0 amide bonds. The Labute approximate surface area is 136 Å². The number of thiocarbonyl (C=S) groups is 1. The van der Waals surface area contributed by atoms with Crippen molar-refractivity contribution in [3.05, 3.63) is 64.2 Å². The molecule has 2 aromatic carbocycles. The number of hydrogen-bond donors (Lipinski definition) is 1. The molecule has 0 aromatic heterocycles. The molecule has 0 saturated carbocycles. The van der Waals surface area contributed by atoms with Crippen molar-refractivity contribution in [2.75, 3.05) is 12.4 Å². The van der Waals surface area contributed by atoms with Crippen LogP contribution in [0.2, 0.25) is 5.02 Å². The van der Waals surface area contributed by atoms with Crippen molar-refractivity contribution in [3.8, 4) is 0 Å². The van der Waals surface area contributed by atoms with E-state index in [9.17, 15) is 0 Å². The van der Waals surface area contributed by atoms with E-state index in [2.05, 4.69) is 37.4 Å². The minimum absolute atomic E-state index is 0.698. The maximum absolute atomic E-state index is 6.01. The fraction of sp³-hybridized carbons (Fsp3) is 0.235. The second-order valence-corrected chi connectivity index (χ2v) is 6.06. The van der Waals surface area contributed by atoms with E-state index in [0.29, 0.717) is 5.11 Å². The van der Waals surface area contributed by atoms with E-state index in [0.717, 1.165) is 22.8 Å². The predicted molar refractivity (Wildman–Crippen MR) is 95.1 cm³/mol. The zero-order valence-corrected chi connectivity index (χ0v) is 14.1. The Morgan fingerprint density at radius 3 is 2.67 bits per heavy atom. The summed E-state index contributed by atoms with van der Waals surface area (Å²) in [4.78, 5) is 2.00. The molecular formula is C17H19ClN2S. The third kappa shape index (κ3) is 4.45. The fourth-order valence-corrected chi connectivity index (χ4v) is 2.45. The summed E-state index contributed by atoms with van der Waals surface area (Å²) in [6, 6.07) is 14.1. The second kappa shape index (κ2) is 6.92. The van der Waals surface area contributed by atoms with Gasteiger partial charge in [-0.1, -0.05) is 35.9 Å². The minimum atomic E-state index is 0.698. The van der Waals surface area contributed by atoms with Gasteiger partial charge >= 0.3 is 0 Å². The Balaban J connectivity index is 2.04. The summed E-state index contributed by atoms with van der Waals surface area (Å²) >= 11 is 11.5.